The van der Waals surface area contributed by atoms with Crippen LogP contribution in [0.5, 0.6) is 0 Å². The topological polar surface area (TPSA) is 0 Å². The summed E-state index contributed by atoms with van der Waals surface area (Å²) in [7, 11) is 0. The molecule has 0 heterocycles. The van der Waals surface area contributed by atoms with Crippen LogP contribution in [0.4, 0.5) is 0 Å². The smallest absolute Gasteiger partial charge is 1.00 e. The van der Waals surface area contributed by atoms with Crippen LogP contribution in [0, 0.1) is 0 Å². The van der Waals surface area contributed by atoms with Gasteiger partial charge in [0.1, 0.15) is 0 Å². The van der Waals surface area contributed by atoms with Crippen LogP contribution in [0.25, 0.3) is 0 Å². The molecule has 0 bridgehead atoms. The fraction of sp³-hybridized carbons (Fsp3) is 0. The van der Waals surface area contributed by atoms with E-state index in [4.69, 9.17) is 0 Å². The van der Waals surface area contributed by atoms with Gasteiger partial charge >= 0.3 is 233 Å². The molecule has 0 rings (SSSR count). The molecule has 16 valence electrons. The van der Waals surface area contributed by atoms with Crippen molar-refractivity contribution < 1.29 is 233 Å². The minimum absolute atomic E-state index is 0. The van der Waals surface area contributed by atoms with Gasteiger partial charge in [-0.3, -0.25) is 0 Å². The molecule has 0 aromatic heterocycles. The van der Waals surface area contributed by atoms with Crippen molar-refractivity contribution in [1.82, 2.24) is 0 Å². The molecule has 0 aliphatic heterocycles. The second kappa shape index (κ2) is 29.3. The molecule has 0 aliphatic carbocycles. The van der Waals surface area contributed by atoms with Crippen LogP contribution in [-0.2, 0) is 27.0 Å². The summed E-state index contributed by atoms with van der Waals surface area (Å²) in [5.74, 6) is 0. The maximum absolute atomic E-state index is 0. The quantitative estimate of drug-likeness (QED) is 0.375. The molecule has 0 atom stereocenters. The maximum atomic E-state index is 0. The van der Waals surface area contributed by atoms with E-state index in [9.17, 15) is 0 Å². The van der Waals surface area contributed by atoms with Gasteiger partial charge in [-0.1, -0.05) is 0 Å². The first-order valence-corrected chi connectivity index (χ1v) is 0. The molecule has 0 aliphatic rings. The van der Waals surface area contributed by atoms with Gasteiger partial charge in [-0.05, 0) is 0 Å². The monoisotopic (exact) mass is 404 g/mol. The Labute approximate surface area is 249 Å². The first-order valence-electron chi connectivity index (χ1n) is 0. The zero-order valence-corrected chi connectivity index (χ0v) is 26.1. The van der Waals surface area contributed by atoms with E-state index in [0.717, 1.165) is 0 Å². The van der Waals surface area contributed by atoms with Crippen molar-refractivity contribution in [1.29, 1.82) is 0 Å². The van der Waals surface area contributed by atoms with E-state index in [0.29, 0.717) is 0 Å². The van der Waals surface area contributed by atoms with Gasteiger partial charge in [0.25, 0.3) is 0 Å². The van der Waals surface area contributed by atoms with Crippen molar-refractivity contribution in [2.24, 2.45) is 0 Å². The number of hydrogen-bond donors (Lipinski definition) is 0. The van der Waals surface area contributed by atoms with Gasteiger partial charge in [0.15, 0.2) is 0 Å². The third kappa shape index (κ3) is 22.7. The van der Waals surface area contributed by atoms with Crippen LogP contribution in [0.2, 0.25) is 0 Å². The van der Waals surface area contributed by atoms with Crippen molar-refractivity contribution in [3.8, 4) is 0 Å². The minimum atomic E-state index is 0. The van der Waals surface area contributed by atoms with E-state index in [-0.39, 0.29) is 260 Å². The largest absolute Gasteiger partial charge is 2.00 e. The average molecular weight is 406 g/mol. The molecule has 0 saturated carbocycles. The van der Waals surface area contributed by atoms with E-state index < -0.39 is 0 Å². The van der Waals surface area contributed by atoms with Crippen molar-refractivity contribution >= 4 is 27.0 Å². The molecule has 0 spiro atoms. The third-order valence-electron chi connectivity index (χ3n) is 0. The summed E-state index contributed by atoms with van der Waals surface area (Å²) < 4.78 is 0. The molecule has 0 aromatic carbocycles. The summed E-state index contributed by atoms with van der Waals surface area (Å²) in [5, 5.41) is 0. The van der Waals surface area contributed by atoms with Crippen LogP contribution in [0.3, 0.4) is 0 Å². The number of rotatable bonds is 0. The summed E-state index contributed by atoms with van der Waals surface area (Å²) >= 11 is 0. The second-order valence-electron chi connectivity index (χ2n) is 0. The molecule has 0 fully saturated rings. The molecule has 0 nitrogen and oxygen atoms in total. The normalized spacial score (nSPS) is 0. The summed E-state index contributed by atoms with van der Waals surface area (Å²) in [5.41, 5.74) is 0. The van der Waals surface area contributed by atoms with Crippen molar-refractivity contribution in [3.05, 3.63) is 0 Å². The van der Waals surface area contributed by atoms with E-state index in [1.54, 1.807) is 0 Å². The van der Waals surface area contributed by atoms with Gasteiger partial charge < -0.3 is 27.0 Å². The Hall–Kier alpha value is 7.92. The molecular formula is Rb4S2. The predicted molar refractivity (Wildman–Crippen MR) is 14.7 cm³/mol. The Bertz CT molecular complexity index is 5.51. The Morgan fingerprint density at radius 3 is 0.333 bits per heavy atom. The van der Waals surface area contributed by atoms with Crippen LogP contribution in [-0.4, -0.2) is 0 Å². The molecule has 6 heavy (non-hydrogen) atoms. The molecule has 0 unspecified atom stereocenters. The molecule has 6 heteroatoms. The molecular weight excluding hydrogens is 406 g/mol. The fourth-order valence-corrected chi connectivity index (χ4v) is 0. The van der Waals surface area contributed by atoms with Gasteiger partial charge in [-0.2, -0.15) is 0 Å². The van der Waals surface area contributed by atoms with Gasteiger partial charge in [0.05, 0.1) is 0 Å². The Balaban J connectivity index is 0. The van der Waals surface area contributed by atoms with Crippen LogP contribution < -0.4 is 233 Å². The fourth-order valence-electron chi connectivity index (χ4n) is 0. The summed E-state index contributed by atoms with van der Waals surface area (Å²) in [4.78, 5) is 0. The molecule has 0 saturated heterocycles. The Kier molecular flexibility index (Phi) is 181. The van der Waals surface area contributed by atoms with Crippen LogP contribution in [0.1, 0.15) is 0 Å². The van der Waals surface area contributed by atoms with Crippen LogP contribution in [0.15, 0.2) is 0 Å². The van der Waals surface area contributed by atoms with E-state index >= 15 is 0 Å². The number of hydrogen-bond acceptors (Lipinski definition) is 0. The Morgan fingerprint density at radius 2 is 0.333 bits per heavy atom. The maximum Gasteiger partial charge on any atom is 1.00 e. The molecule has 0 aromatic rings. The summed E-state index contributed by atoms with van der Waals surface area (Å²) in [6.07, 6.45) is 0. The first kappa shape index (κ1) is 37.0. The van der Waals surface area contributed by atoms with Crippen molar-refractivity contribution in [2.45, 2.75) is 0 Å². The van der Waals surface area contributed by atoms with Crippen molar-refractivity contribution in [3.63, 3.8) is 0 Å². The van der Waals surface area contributed by atoms with Gasteiger partial charge in [-0.25, -0.2) is 0 Å². The minimum Gasteiger partial charge on any atom is -2.00 e. The zero-order valence-electron chi connectivity index (χ0n) is 4.82. The standard InChI is InChI=1S/4Rb.2S/q4*+1;2*-2. The second-order valence-corrected chi connectivity index (χ2v) is 0. The molecule has 0 amide bonds. The van der Waals surface area contributed by atoms with E-state index in [1.165, 1.54) is 0 Å². The molecule has 0 radical (unpaired) electrons. The van der Waals surface area contributed by atoms with E-state index in [2.05, 4.69) is 0 Å². The average Bonchev–Trinajstić information content (AvgIpc) is 0. The van der Waals surface area contributed by atoms with E-state index in [1.807, 2.05) is 0 Å². The van der Waals surface area contributed by atoms with Gasteiger partial charge in [0, 0.05) is 0 Å². The van der Waals surface area contributed by atoms with Crippen LogP contribution >= 0.6 is 0 Å². The Morgan fingerprint density at radius 1 is 0.333 bits per heavy atom. The third-order valence-corrected chi connectivity index (χ3v) is 0. The van der Waals surface area contributed by atoms with Gasteiger partial charge in [-0.15, -0.1) is 0 Å². The van der Waals surface area contributed by atoms with Gasteiger partial charge in [0.2, 0.25) is 0 Å². The zero-order chi connectivity index (χ0) is 0. The SMILES string of the molecule is [Rb+].[Rb+].[Rb+].[Rb+].[S-2].[S-2]. The van der Waals surface area contributed by atoms with Crippen molar-refractivity contribution in [2.75, 3.05) is 0 Å². The molecule has 0 N–H and O–H groups in total. The first-order chi connectivity index (χ1) is 0. The summed E-state index contributed by atoms with van der Waals surface area (Å²) in [6, 6.07) is 0. The predicted octanol–water partition coefficient (Wildman–Crippen LogP) is -12.0. The summed E-state index contributed by atoms with van der Waals surface area (Å²) in [6.45, 7) is 0.